The summed E-state index contributed by atoms with van der Waals surface area (Å²) < 4.78 is 84.8. The number of nitrogens with zero attached hydrogens (tertiary/aromatic N) is 4. The normalized spacial score (nSPS) is 15.5. The van der Waals surface area contributed by atoms with Crippen LogP contribution in [0.1, 0.15) is 34.7 Å². The lowest BCUT2D eigenvalue weighted by Crippen LogP contribution is -2.40. The van der Waals surface area contributed by atoms with Crippen molar-refractivity contribution >= 4 is 27.3 Å². The number of anilines is 1. The highest BCUT2D eigenvalue weighted by atomic mass is 32.2. The fourth-order valence-corrected chi connectivity index (χ4v) is 4.65. The molecule has 2 aromatic heterocycles. The van der Waals surface area contributed by atoms with Crippen molar-refractivity contribution in [3.8, 4) is 0 Å². The first kappa shape index (κ1) is 23.1. The number of benzene rings is 1. The summed E-state index contributed by atoms with van der Waals surface area (Å²) in [4.78, 5) is 16.1. The van der Waals surface area contributed by atoms with Crippen LogP contribution in [0.3, 0.4) is 0 Å². The van der Waals surface area contributed by atoms with Gasteiger partial charge in [0.05, 0.1) is 18.1 Å². The van der Waals surface area contributed by atoms with Crippen LogP contribution in [0, 0.1) is 0 Å². The molecule has 1 aliphatic rings. The van der Waals surface area contributed by atoms with Gasteiger partial charge in [-0.25, -0.2) is 35.5 Å². The minimum atomic E-state index is -3.72. The van der Waals surface area contributed by atoms with Crippen LogP contribution < -0.4 is 5.32 Å². The smallest absolute Gasteiger partial charge is 0.280 e. The molecule has 1 aromatic carbocycles. The minimum Gasteiger partial charge on any atom is -0.379 e. The molecular weight excluding hydrogens is 470 g/mol. The summed E-state index contributed by atoms with van der Waals surface area (Å²) >= 11 is 0. The largest absolute Gasteiger partial charge is 0.379 e. The Morgan fingerprint density at radius 2 is 1.70 bits per heavy atom. The molecule has 14 heteroatoms. The van der Waals surface area contributed by atoms with E-state index in [2.05, 4.69) is 15.4 Å². The molecular formula is C19H17F4N5O4S. The topological polar surface area (TPSA) is 106 Å². The molecule has 1 aliphatic heterocycles. The van der Waals surface area contributed by atoms with Crippen LogP contribution >= 0.6 is 0 Å². The number of amides is 1. The van der Waals surface area contributed by atoms with Crippen molar-refractivity contribution in [3.63, 3.8) is 0 Å². The molecule has 3 heterocycles. The summed E-state index contributed by atoms with van der Waals surface area (Å²) in [7, 11) is -3.72. The van der Waals surface area contributed by atoms with E-state index in [0.717, 1.165) is 6.07 Å². The number of ether oxygens (including phenoxy) is 1. The number of carbonyl (C=O) groups is 1. The zero-order chi connectivity index (χ0) is 23.8. The summed E-state index contributed by atoms with van der Waals surface area (Å²) in [5.74, 6) is -0.817. The predicted octanol–water partition coefficient (Wildman–Crippen LogP) is 2.88. The van der Waals surface area contributed by atoms with E-state index in [9.17, 15) is 30.8 Å². The van der Waals surface area contributed by atoms with E-state index < -0.39 is 40.2 Å². The monoisotopic (exact) mass is 487 g/mol. The Bertz CT molecular complexity index is 1280. The number of hydrogen-bond acceptors (Lipinski definition) is 6. The number of alkyl halides is 4. The molecule has 0 unspecified atom stereocenters. The average molecular weight is 487 g/mol. The molecule has 0 spiro atoms. The number of hydrogen-bond donors (Lipinski definition) is 1. The molecule has 1 saturated heterocycles. The first-order valence-electron chi connectivity index (χ1n) is 9.63. The van der Waals surface area contributed by atoms with Crippen molar-refractivity contribution in [2.24, 2.45) is 0 Å². The van der Waals surface area contributed by atoms with E-state index >= 15 is 0 Å². The van der Waals surface area contributed by atoms with Crippen molar-refractivity contribution in [2.75, 3.05) is 31.6 Å². The fraction of sp³-hybridized carbons (Fsp3) is 0.316. The van der Waals surface area contributed by atoms with Crippen LogP contribution in [-0.4, -0.2) is 59.5 Å². The molecule has 3 aromatic rings. The SMILES string of the molecule is O=C(Nc1ccc(S(=O)(=O)N2CCOCC2)cc1)c1cc2nc(C(F)F)cc(C(F)F)n2n1. The van der Waals surface area contributed by atoms with Gasteiger partial charge < -0.3 is 10.1 Å². The van der Waals surface area contributed by atoms with Gasteiger partial charge in [-0.3, -0.25) is 4.79 Å². The minimum absolute atomic E-state index is 0.0282. The van der Waals surface area contributed by atoms with Crippen molar-refractivity contribution in [2.45, 2.75) is 17.7 Å². The van der Waals surface area contributed by atoms with Gasteiger partial charge in [-0.2, -0.15) is 9.40 Å². The third kappa shape index (κ3) is 4.67. The van der Waals surface area contributed by atoms with Crippen LogP contribution in [0.4, 0.5) is 23.2 Å². The van der Waals surface area contributed by atoms with Gasteiger partial charge in [0.1, 0.15) is 11.4 Å². The third-order valence-corrected chi connectivity index (χ3v) is 6.79. The number of sulfonamides is 1. The number of nitrogens with one attached hydrogen (secondary N) is 1. The van der Waals surface area contributed by atoms with E-state index in [1.165, 1.54) is 28.6 Å². The van der Waals surface area contributed by atoms with Gasteiger partial charge in [0.15, 0.2) is 11.3 Å². The van der Waals surface area contributed by atoms with Crippen LogP contribution in [0.25, 0.3) is 5.65 Å². The summed E-state index contributed by atoms with van der Waals surface area (Å²) in [5, 5.41) is 6.21. The van der Waals surface area contributed by atoms with Crippen molar-refractivity contribution in [1.29, 1.82) is 0 Å². The van der Waals surface area contributed by atoms with E-state index in [1.807, 2.05) is 0 Å². The average Bonchev–Trinajstić information content (AvgIpc) is 3.23. The summed E-state index contributed by atoms with van der Waals surface area (Å²) in [6, 6.07) is 6.89. The van der Waals surface area contributed by atoms with Gasteiger partial charge >= 0.3 is 0 Å². The van der Waals surface area contributed by atoms with Crippen LogP contribution in [0.15, 0.2) is 41.3 Å². The molecule has 0 bridgehead atoms. The summed E-state index contributed by atoms with van der Waals surface area (Å²) in [6.45, 7) is 1.06. The zero-order valence-corrected chi connectivity index (χ0v) is 17.6. The number of fused-ring (bicyclic) bond motifs is 1. The molecule has 1 fully saturated rings. The van der Waals surface area contributed by atoms with Gasteiger partial charge in [-0.1, -0.05) is 0 Å². The molecule has 4 rings (SSSR count). The molecule has 176 valence electrons. The van der Waals surface area contributed by atoms with Gasteiger partial charge in [0, 0.05) is 24.8 Å². The fourth-order valence-electron chi connectivity index (χ4n) is 3.24. The van der Waals surface area contributed by atoms with Crippen LogP contribution in [-0.2, 0) is 14.8 Å². The Morgan fingerprint density at radius 1 is 1.03 bits per heavy atom. The third-order valence-electron chi connectivity index (χ3n) is 4.87. The molecule has 9 nitrogen and oxygen atoms in total. The molecule has 0 aliphatic carbocycles. The lowest BCUT2D eigenvalue weighted by molar-refractivity contribution is 0.0730. The predicted molar refractivity (Wildman–Crippen MR) is 107 cm³/mol. The Morgan fingerprint density at radius 3 is 2.30 bits per heavy atom. The standard InChI is InChI=1S/C19H17F4N5O4S/c20-17(21)13-9-15(18(22)23)28-16(25-13)10-14(26-28)19(29)24-11-1-3-12(4-2-11)33(30,31)27-5-7-32-8-6-27/h1-4,9-10,17-18H,5-8H2,(H,24,29). The quantitative estimate of drug-likeness (QED) is 0.536. The Balaban J connectivity index is 1.55. The van der Waals surface area contributed by atoms with E-state index in [4.69, 9.17) is 4.74 Å². The van der Waals surface area contributed by atoms with E-state index in [1.54, 1.807) is 0 Å². The lowest BCUT2D eigenvalue weighted by atomic mass is 10.3. The highest BCUT2D eigenvalue weighted by Crippen LogP contribution is 2.26. The summed E-state index contributed by atoms with van der Waals surface area (Å²) in [6.07, 6.45) is -6.20. The molecule has 1 N–H and O–H groups in total. The van der Waals surface area contributed by atoms with Crippen molar-refractivity contribution in [1.82, 2.24) is 18.9 Å². The van der Waals surface area contributed by atoms with E-state index in [-0.39, 0.29) is 35.0 Å². The maximum absolute atomic E-state index is 13.3. The second-order valence-corrected chi connectivity index (χ2v) is 8.94. The molecule has 0 saturated carbocycles. The first-order chi connectivity index (χ1) is 15.7. The highest BCUT2D eigenvalue weighted by Gasteiger charge is 2.26. The Hall–Kier alpha value is -3.10. The Kier molecular flexibility index (Phi) is 6.32. The summed E-state index contributed by atoms with van der Waals surface area (Å²) in [5.41, 5.74) is -2.14. The highest BCUT2D eigenvalue weighted by molar-refractivity contribution is 7.89. The second-order valence-electron chi connectivity index (χ2n) is 7.00. The lowest BCUT2D eigenvalue weighted by Gasteiger charge is -2.26. The molecule has 1 amide bonds. The number of rotatable bonds is 6. The second kappa shape index (κ2) is 9.03. The maximum atomic E-state index is 13.3. The first-order valence-corrected chi connectivity index (χ1v) is 11.1. The van der Waals surface area contributed by atoms with Gasteiger partial charge in [-0.15, -0.1) is 0 Å². The zero-order valence-electron chi connectivity index (χ0n) is 16.8. The number of aromatic nitrogens is 3. The van der Waals surface area contributed by atoms with Crippen LogP contribution in [0.5, 0.6) is 0 Å². The molecule has 33 heavy (non-hydrogen) atoms. The molecule has 0 radical (unpaired) electrons. The van der Waals surface area contributed by atoms with Gasteiger partial charge in [0.2, 0.25) is 10.0 Å². The number of carbonyl (C=O) groups excluding carboxylic acids is 1. The van der Waals surface area contributed by atoms with Crippen molar-refractivity contribution in [3.05, 3.63) is 53.5 Å². The van der Waals surface area contributed by atoms with E-state index in [0.29, 0.717) is 23.8 Å². The Labute approximate surface area is 185 Å². The van der Waals surface area contributed by atoms with Gasteiger partial charge in [0.25, 0.3) is 18.8 Å². The maximum Gasteiger partial charge on any atom is 0.280 e. The van der Waals surface area contributed by atoms with Crippen molar-refractivity contribution < 1.29 is 35.5 Å². The number of morpholine rings is 1. The van der Waals surface area contributed by atoms with Crippen LogP contribution in [0.2, 0.25) is 0 Å². The van der Waals surface area contributed by atoms with Gasteiger partial charge in [-0.05, 0) is 30.3 Å². The number of halogens is 4. The molecule has 0 atom stereocenters.